The Labute approximate surface area is 124 Å². The molecule has 0 unspecified atom stereocenters. The molecule has 0 radical (unpaired) electrons. The molecule has 0 saturated heterocycles. The van der Waals surface area contributed by atoms with Crippen LogP contribution in [0.4, 0.5) is 6.01 Å². The number of hydrogen-bond acceptors (Lipinski definition) is 6. The third-order valence-electron chi connectivity index (χ3n) is 2.93. The Morgan fingerprint density at radius 2 is 2.25 bits per heavy atom. The third kappa shape index (κ3) is 4.05. The number of aromatic nitrogens is 2. The van der Waals surface area contributed by atoms with Crippen molar-refractivity contribution in [1.29, 1.82) is 0 Å². The number of hydrogen-bond donors (Lipinski definition) is 1. The Hall–Kier alpha value is -1.40. The van der Waals surface area contributed by atoms with Crippen molar-refractivity contribution in [2.24, 2.45) is 0 Å². The van der Waals surface area contributed by atoms with Gasteiger partial charge in [-0.15, -0.1) is 16.4 Å². The summed E-state index contributed by atoms with van der Waals surface area (Å²) in [6.07, 6.45) is 1.09. The van der Waals surface area contributed by atoms with Gasteiger partial charge in [-0.25, -0.2) is 0 Å². The second-order valence-corrected chi connectivity index (χ2v) is 5.99. The van der Waals surface area contributed by atoms with Crippen molar-refractivity contribution in [2.75, 3.05) is 11.4 Å². The highest BCUT2D eigenvalue weighted by Crippen LogP contribution is 2.20. The van der Waals surface area contributed by atoms with Crippen molar-refractivity contribution in [3.63, 3.8) is 0 Å². The molecule has 6 heteroatoms. The predicted octanol–water partition coefficient (Wildman–Crippen LogP) is 3.05. The van der Waals surface area contributed by atoms with Gasteiger partial charge >= 0.3 is 6.01 Å². The molecular formula is C14H22N4OS. The van der Waals surface area contributed by atoms with E-state index in [-0.39, 0.29) is 0 Å². The van der Waals surface area contributed by atoms with E-state index in [2.05, 4.69) is 58.7 Å². The maximum absolute atomic E-state index is 5.75. The van der Waals surface area contributed by atoms with Crippen LogP contribution in [0.1, 0.15) is 38.0 Å². The van der Waals surface area contributed by atoms with Gasteiger partial charge in [-0.1, -0.05) is 18.1 Å². The molecule has 0 aliphatic carbocycles. The fourth-order valence-electron chi connectivity index (χ4n) is 1.85. The predicted molar refractivity (Wildman–Crippen MR) is 81.9 cm³/mol. The van der Waals surface area contributed by atoms with Crippen molar-refractivity contribution < 1.29 is 4.42 Å². The van der Waals surface area contributed by atoms with Gasteiger partial charge in [-0.05, 0) is 38.3 Å². The van der Waals surface area contributed by atoms with E-state index in [1.807, 2.05) is 0 Å². The van der Waals surface area contributed by atoms with E-state index in [4.69, 9.17) is 4.42 Å². The first-order valence-corrected chi connectivity index (χ1v) is 7.90. The maximum atomic E-state index is 5.75. The van der Waals surface area contributed by atoms with Gasteiger partial charge in [0.15, 0.2) is 0 Å². The summed E-state index contributed by atoms with van der Waals surface area (Å²) in [5.74, 6) is 0.644. The molecule has 0 aliphatic rings. The summed E-state index contributed by atoms with van der Waals surface area (Å²) in [5.41, 5.74) is 0. The smallest absolute Gasteiger partial charge is 0.318 e. The van der Waals surface area contributed by atoms with E-state index >= 15 is 0 Å². The zero-order valence-corrected chi connectivity index (χ0v) is 13.1. The molecule has 110 valence electrons. The highest BCUT2D eigenvalue weighted by atomic mass is 32.1. The van der Waals surface area contributed by atoms with Gasteiger partial charge in [0, 0.05) is 10.9 Å². The van der Waals surface area contributed by atoms with Gasteiger partial charge in [0.1, 0.15) is 0 Å². The number of anilines is 1. The molecule has 2 aromatic heterocycles. The molecule has 0 spiro atoms. The Balaban J connectivity index is 2.02. The van der Waals surface area contributed by atoms with Crippen LogP contribution in [-0.4, -0.2) is 22.8 Å². The molecule has 20 heavy (non-hydrogen) atoms. The minimum Gasteiger partial charge on any atom is -0.407 e. The SMILES string of the molecule is CCCNCc1nnc(N(Cc2cccs2)C(C)C)o1. The first-order chi connectivity index (χ1) is 9.70. The van der Waals surface area contributed by atoms with Crippen LogP contribution < -0.4 is 10.2 Å². The average molecular weight is 294 g/mol. The van der Waals surface area contributed by atoms with Gasteiger partial charge in [0.2, 0.25) is 5.89 Å². The standard InChI is InChI=1S/C14H22N4OS/c1-4-7-15-9-13-16-17-14(19-13)18(11(2)3)10-12-6-5-8-20-12/h5-6,8,11,15H,4,7,9-10H2,1-3H3. The molecule has 2 rings (SSSR count). The van der Waals surface area contributed by atoms with Gasteiger partial charge in [-0.2, -0.15) is 0 Å². The van der Waals surface area contributed by atoms with Crippen LogP contribution in [-0.2, 0) is 13.1 Å². The molecule has 0 aromatic carbocycles. The fraction of sp³-hybridized carbons (Fsp3) is 0.571. The lowest BCUT2D eigenvalue weighted by molar-refractivity contribution is 0.451. The van der Waals surface area contributed by atoms with Gasteiger partial charge in [0.05, 0.1) is 13.1 Å². The summed E-state index contributed by atoms with van der Waals surface area (Å²) >= 11 is 1.74. The van der Waals surface area contributed by atoms with Crippen LogP contribution >= 0.6 is 11.3 Å². The summed E-state index contributed by atoms with van der Waals surface area (Å²) in [5, 5.41) is 13.6. The molecule has 0 amide bonds. The summed E-state index contributed by atoms with van der Waals surface area (Å²) < 4.78 is 5.75. The van der Waals surface area contributed by atoms with Crippen molar-refractivity contribution in [3.8, 4) is 0 Å². The summed E-state index contributed by atoms with van der Waals surface area (Å²) in [4.78, 5) is 3.42. The molecule has 0 atom stereocenters. The first kappa shape index (κ1) is 15.0. The average Bonchev–Trinajstić information content (AvgIpc) is 3.07. The lowest BCUT2D eigenvalue weighted by Crippen LogP contribution is -2.30. The van der Waals surface area contributed by atoms with Gasteiger partial charge < -0.3 is 14.6 Å². The van der Waals surface area contributed by atoms with Gasteiger partial charge in [0.25, 0.3) is 0 Å². The second kappa shape index (κ2) is 7.40. The van der Waals surface area contributed by atoms with E-state index in [0.717, 1.165) is 19.5 Å². The Morgan fingerprint density at radius 1 is 1.40 bits per heavy atom. The highest BCUT2D eigenvalue weighted by Gasteiger charge is 2.18. The molecule has 0 saturated carbocycles. The minimum atomic E-state index is 0.314. The monoisotopic (exact) mass is 294 g/mol. The van der Waals surface area contributed by atoms with E-state index in [9.17, 15) is 0 Å². The number of nitrogens with one attached hydrogen (secondary N) is 1. The summed E-state index contributed by atoms with van der Waals surface area (Å²) in [6, 6.07) is 5.10. The normalized spacial score (nSPS) is 11.2. The third-order valence-corrected chi connectivity index (χ3v) is 3.80. The number of rotatable bonds is 8. The van der Waals surface area contributed by atoms with E-state index in [1.54, 1.807) is 11.3 Å². The molecule has 0 aliphatic heterocycles. The quantitative estimate of drug-likeness (QED) is 0.758. The number of thiophene rings is 1. The second-order valence-electron chi connectivity index (χ2n) is 4.96. The van der Waals surface area contributed by atoms with Crippen LogP contribution in [0.5, 0.6) is 0 Å². The largest absolute Gasteiger partial charge is 0.407 e. The summed E-state index contributed by atoms with van der Waals surface area (Å²) in [7, 11) is 0. The molecule has 0 bridgehead atoms. The van der Waals surface area contributed by atoms with Crippen molar-refractivity contribution in [3.05, 3.63) is 28.3 Å². The Bertz CT molecular complexity index is 495. The fourth-order valence-corrected chi connectivity index (χ4v) is 2.55. The van der Waals surface area contributed by atoms with Crippen molar-refractivity contribution in [1.82, 2.24) is 15.5 Å². The highest BCUT2D eigenvalue weighted by molar-refractivity contribution is 7.09. The lowest BCUT2D eigenvalue weighted by atomic mass is 10.3. The van der Waals surface area contributed by atoms with E-state index < -0.39 is 0 Å². The summed E-state index contributed by atoms with van der Waals surface area (Å²) in [6.45, 7) is 8.79. The molecule has 2 aromatic rings. The zero-order chi connectivity index (χ0) is 14.4. The van der Waals surface area contributed by atoms with Crippen LogP contribution in [0.3, 0.4) is 0 Å². The molecule has 2 heterocycles. The number of nitrogens with zero attached hydrogens (tertiary/aromatic N) is 3. The first-order valence-electron chi connectivity index (χ1n) is 7.02. The Morgan fingerprint density at radius 3 is 2.90 bits per heavy atom. The van der Waals surface area contributed by atoms with E-state index in [1.165, 1.54) is 4.88 Å². The van der Waals surface area contributed by atoms with Crippen LogP contribution in [0.15, 0.2) is 21.9 Å². The van der Waals surface area contributed by atoms with Crippen LogP contribution in [0.2, 0.25) is 0 Å². The van der Waals surface area contributed by atoms with Crippen LogP contribution in [0, 0.1) is 0 Å². The Kier molecular flexibility index (Phi) is 5.55. The van der Waals surface area contributed by atoms with Gasteiger partial charge in [-0.3, -0.25) is 0 Å². The molecule has 5 nitrogen and oxygen atoms in total. The van der Waals surface area contributed by atoms with Crippen LogP contribution in [0.25, 0.3) is 0 Å². The topological polar surface area (TPSA) is 54.2 Å². The molecule has 1 N–H and O–H groups in total. The lowest BCUT2D eigenvalue weighted by Gasteiger charge is -2.23. The van der Waals surface area contributed by atoms with Crippen molar-refractivity contribution in [2.45, 2.75) is 46.3 Å². The van der Waals surface area contributed by atoms with E-state index in [0.29, 0.717) is 24.5 Å². The maximum Gasteiger partial charge on any atom is 0.318 e. The van der Waals surface area contributed by atoms with Crippen molar-refractivity contribution >= 4 is 17.4 Å². The molecular weight excluding hydrogens is 272 g/mol. The minimum absolute atomic E-state index is 0.314. The molecule has 0 fully saturated rings. The zero-order valence-electron chi connectivity index (χ0n) is 12.3.